The summed E-state index contributed by atoms with van der Waals surface area (Å²) in [5.74, 6) is -0.127. The summed E-state index contributed by atoms with van der Waals surface area (Å²) in [7, 11) is 0. The summed E-state index contributed by atoms with van der Waals surface area (Å²) >= 11 is 2.17. The second kappa shape index (κ2) is 5.38. The van der Waals surface area contributed by atoms with Crippen LogP contribution in [0.25, 0.3) is 5.69 Å². The Morgan fingerprint density at radius 1 is 1.56 bits per heavy atom. The first-order valence-electron chi connectivity index (χ1n) is 5.50. The number of nitrogens with one attached hydrogen (secondary N) is 1. The quantitative estimate of drug-likeness (QED) is 0.651. The largest absolute Gasteiger partial charge is 0.399 e. The number of anilines is 1. The molecule has 6 heteroatoms. The summed E-state index contributed by atoms with van der Waals surface area (Å²) in [4.78, 5) is 12.0. The maximum Gasteiger partial charge on any atom is 0.253 e. The summed E-state index contributed by atoms with van der Waals surface area (Å²) in [5, 5.41) is 6.98. The third kappa shape index (κ3) is 2.63. The van der Waals surface area contributed by atoms with Gasteiger partial charge < -0.3 is 11.1 Å². The first-order valence-corrected chi connectivity index (χ1v) is 6.58. The van der Waals surface area contributed by atoms with Crippen LogP contribution in [0.2, 0.25) is 0 Å². The Bertz CT molecular complexity index is 579. The van der Waals surface area contributed by atoms with Crippen molar-refractivity contribution in [3.05, 3.63) is 39.7 Å². The van der Waals surface area contributed by atoms with E-state index in [2.05, 4.69) is 33.0 Å². The summed E-state index contributed by atoms with van der Waals surface area (Å²) in [6, 6.07) is 5.17. The van der Waals surface area contributed by atoms with Gasteiger partial charge in [-0.3, -0.25) is 4.79 Å². The minimum absolute atomic E-state index is 0.127. The lowest BCUT2D eigenvalue weighted by Crippen LogP contribution is -2.24. The fourth-order valence-electron chi connectivity index (χ4n) is 1.62. The smallest absolute Gasteiger partial charge is 0.253 e. The van der Waals surface area contributed by atoms with Crippen molar-refractivity contribution < 1.29 is 4.79 Å². The normalized spacial score (nSPS) is 10.3. The lowest BCUT2D eigenvalue weighted by molar-refractivity contribution is 0.0955. The van der Waals surface area contributed by atoms with Crippen molar-refractivity contribution in [2.75, 3.05) is 12.3 Å². The van der Waals surface area contributed by atoms with Gasteiger partial charge in [-0.25, -0.2) is 4.68 Å². The number of hydrogen-bond acceptors (Lipinski definition) is 3. The fraction of sp³-hybridized carbons (Fsp3) is 0.167. The monoisotopic (exact) mass is 356 g/mol. The molecule has 0 aliphatic heterocycles. The van der Waals surface area contributed by atoms with E-state index in [1.807, 2.05) is 13.1 Å². The van der Waals surface area contributed by atoms with E-state index in [0.717, 1.165) is 3.57 Å². The molecule has 0 radical (unpaired) electrons. The molecule has 2 rings (SSSR count). The minimum atomic E-state index is -0.127. The molecular weight excluding hydrogens is 343 g/mol. The zero-order chi connectivity index (χ0) is 13.1. The summed E-state index contributed by atoms with van der Waals surface area (Å²) in [6.45, 7) is 2.46. The number of halogens is 1. The Balaban J connectivity index is 2.50. The highest BCUT2D eigenvalue weighted by molar-refractivity contribution is 14.1. The first-order chi connectivity index (χ1) is 8.61. The number of hydrogen-bond donors (Lipinski definition) is 2. The van der Waals surface area contributed by atoms with E-state index in [9.17, 15) is 4.79 Å². The molecule has 0 saturated heterocycles. The molecule has 94 valence electrons. The lowest BCUT2D eigenvalue weighted by atomic mass is 10.1. The van der Waals surface area contributed by atoms with Crippen LogP contribution in [0.4, 0.5) is 5.69 Å². The average molecular weight is 356 g/mol. The molecular formula is C12H13IN4O. The van der Waals surface area contributed by atoms with Gasteiger partial charge in [0.1, 0.15) is 0 Å². The average Bonchev–Trinajstić information content (AvgIpc) is 2.76. The van der Waals surface area contributed by atoms with E-state index >= 15 is 0 Å². The molecule has 2 aromatic rings. The first kappa shape index (κ1) is 12.9. The standard InChI is InChI=1S/C12H13IN4O/c1-2-15-12(18)10-4-3-9(14)5-11(10)17-7-8(13)6-16-17/h3-7H,2,14H2,1H3,(H,15,18). The molecule has 1 aromatic carbocycles. The van der Waals surface area contributed by atoms with Gasteiger partial charge in [-0.1, -0.05) is 0 Å². The van der Waals surface area contributed by atoms with Gasteiger partial charge in [0.2, 0.25) is 0 Å². The highest BCUT2D eigenvalue weighted by Gasteiger charge is 2.13. The summed E-state index contributed by atoms with van der Waals surface area (Å²) in [5.41, 5.74) is 7.62. The predicted molar refractivity (Wildman–Crippen MR) is 78.7 cm³/mol. The van der Waals surface area contributed by atoms with Crippen molar-refractivity contribution in [2.24, 2.45) is 0 Å². The molecule has 5 nitrogen and oxygen atoms in total. The van der Waals surface area contributed by atoms with Crippen LogP contribution in [0.1, 0.15) is 17.3 Å². The summed E-state index contributed by atoms with van der Waals surface area (Å²) in [6.07, 6.45) is 3.57. The Morgan fingerprint density at radius 2 is 2.33 bits per heavy atom. The summed E-state index contributed by atoms with van der Waals surface area (Å²) < 4.78 is 2.65. The number of benzene rings is 1. The number of aromatic nitrogens is 2. The van der Waals surface area contributed by atoms with Crippen LogP contribution >= 0.6 is 22.6 Å². The number of rotatable bonds is 3. The molecule has 0 aliphatic rings. The molecule has 0 fully saturated rings. The molecule has 1 aromatic heterocycles. The highest BCUT2D eigenvalue weighted by Crippen LogP contribution is 2.18. The van der Waals surface area contributed by atoms with Crippen LogP contribution < -0.4 is 11.1 Å². The van der Waals surface area contributed by atoms with Gasteiger partial charge in [0, 0.05) is 18.4 Å². The zero-order valence-electron chi connectivity index (χ0n) is 9.85. The van der Waals surface area contributed by atoms with Gasteiger partial charge in [0.05, 0.1) is 21.0 Å². The molecule has 0 saturated carbocycles. The number of nitrogens with zero attached hydrogens (tertiary/aromatic N) is 2. The van der Waals surface area contributed by atoms with Crippen LogP contribution in [0.5, 0.6) is 0 Å². The Hall–Kier alpha value is -1.57. The minimum Gasteiger partial charge on any atom is -0.399 e. The van der Waals surface area contributed by atoms with Crippen molar-refractivity contribution in [3.8, 4) is 5.69 Å². The van der Waals surface area contributed by atoms with E-state index in [-0.39, 0.29) is 5.91 Å². The van der Waals surface area contributed by atoms with Crippen LogP contribution in [0, 0.1) is 3.57 Å². The van der Waals surface area contributed by atoms with Crippen molar-refractivity contribution in [1.29, 1.82) is 0 Å². The molecule has 0 unspecified atom stereocenters. The van der Waals surface area contributed by atoms with Crippen LogP contribution in [-0.4, -0.2) is 22.2 Å². The molecule has 1 heterocycles. The maximum absolute atomic E-state index is 12.0. The number of amides is 1. The second-order valence-corrected chi connectivity index (χ2v) is 4.98. The molecule has 0 atom stereocenters. The molecule has 3 N–H and O–H groups in total. The van der Waals surface area contributed by atoms with Crippen LogP contribution in [0.15, 0.2) is 30.6 Å². The van der Waals surface area contributed by atoms with Gasteiger partial charge in [0.25, 0.3) is 5.91 Å². The van der Waals surface area contributed by atoms with Gasteiger partial charge in [0.15, 0.2) is 0 Å². The topological polar surface area (TPSA) is 72.9 Å². The lowest BCUT2D eigenvalue weighted by Gasteiger charge is -2.10. The van der Waals surface area contributed by atoms with Gasteiger partial charge in [-0.15, -0.1) is 0 Å². The Morgan fingerprint density at radius 3 is 2.94 bits per heavy atom. The number of carbonyl (C=O) groups is 1. The molecule has 1 amide bonds. The van der Waals surface area contributed by atoms with Crippen LogP contribution in [0.3, 0.4) is 0 Å². The van der Waals surface area contributed by atoms with Gasteiger partial charge in [-0.2, -0.15) is 5.10 Å². The molecule has 0 bridgehead atoms. The second-order valence-electron chi connectivity index (χ2n) is 3.74. The number of nitrogens with two attached hydrogens (primary N) is 1. The SMILES string of the molecule is CCNC(=O)c1ccc(N)cc1-n1cc(I)cn1. The third-order valence-electron chi connectivity index (χ3n) is 2.40. The predicted octanol–water partition coefficient (Wildman–Crippen LogP) is 1.81. The third-order valence-corrected chi connectivity index (χ3v) is 2.96. The molecule has 0 aliphatic carbocycles. The van der Waals surface area contributed by atoms with Crippen molar-refractivity contribution in [1.82, 2.24) is 15.1 Å². The van der Waals surface area contributed by atoms with Gasteiger partial charge >= 0.3 is 0 Å². The Kier molecular flexibility index (Phi) is 3.85. The highest BCUT2D eigenvalue weighted by atomic mass is 127. The van der Waals surface area contributed by atoms with Gasteiger partial charge in [-0.05, 0) is 47.7 Å². The van der Waals surface area contributed by atoms with E-state index in [1.165, 1.54) is 0 Å². The van der Waals surface area contributed by atoms with Crippen LogP contribution in [-0.2, 0) is 0 Å². The van der Waals surface area contributed by atoms with E-state index in [1.54, 1.807) is 29.1 Å². The van der Waals surface area contributed by atoms with Crippen molar-refractivity contribution in [2.45, 2.75) is 6.92 Å². The van der Waals surface area contributed by atoms with E-state index in [4.69, 9.17) is 5.73 Å². The van der Waals surface area contributed by atoms with E-state index in [0.29, 0.717) is 23.5 Å². The number of nitrogen functional groups attached to an aromatic ring is 1. The fourth-order valence-corrected chi connectivity index (χ4v) is 2.01. The molecule has 18 heavy (non-hydrogen) atoms. The van der Waals surface area contributed by atoms with E-state index < -0.39 is 0 Å². The van der Waals surface area contributed by atoms with Crippen molar-refractivity contribution >= 4 is 34.2 Å². The Labute approximate surface area is 119 Å². The zero-order valence-corrected chi connectivity index (χ0v) is 12.0. The number of carbonyl (C=O) groups excluding carboxylic acids is 1. The maximum atomic E-state index is 12.0. The van der Waals surface area contributed by atoms with Crippen molar-refractivity contribution in [3.63, 3.8) is 0 Å². The molecule has 0 spiro atoms.